The number of carbonyl (C=O) groups is 2. The summed E-state index contributed by atoms with van der Waals surface area (Å²) >= 11 is 6.13. The number of carboxylic acid groups (broad SMARTS) is 1. The number of carboxylic acids is 1. The molecule has 2 rings (SSSR count). The van der Waals surface area contributed by atoms with Crippen LogP contribution in [0.1, 0.15) is 39.5 Å². The minimum atomic E-state index is -1.16. The summed E-state index contributed by atoms with van der Waals surface area (Å²) in [5, 5.41) is 16.3. The zero-order valence-corrected chi connectivity index (χ0v) is 12.3. The molecule has 1 aromatic heterocycles. The Kier molecular flexibility index (Phi) is 4.28. The van der Waals surface area contributed by atoms with Crippen molar-refractivity contribution in [2.75, 3.05) is 7.05 Å². The fraction of sp³-hybridized carbons (Fsp3) is 0.214. The van der Waals surface area contributed by atoms with Gasteiger partial charge in [0, 0.05) is 18.1 Å². The van der Waals surface area contributed by atoms with Gasteiger partial charge in [0.25, 0.3) is 5.91 Å². The van der Waals surface area contributed by atoms with E-state index in [0.717, 1.165) is 5.56 Å². The van der Waals surface area contributed by atoms with Gasteiger partial charge in [0.15, 0.2) is 5.69 Å². The average molecular weight is 308 g/mol. The molecule has 1 heterocycles. The minimum Gasteiger partial charge on any atom is -0.477 e. The van der Waals surface area contributed by atoms with Crippen LogP contribution in [0, 0.1) is 0 Å². The highest BCUT2D eigenvalue weighted by atomic mass is 35.5. The third-order valence-corrected chi connectivity index (χ3v) is 3.48. The fourth-order valence-electron chi connectivity index (χ4n) is 2.03. The second-order valence-corrected chi connectivity index (χ2v) is 4.85. The first-order valence-corrected chi connectivity index (χ1v) is 6.62. The van der Waals surface area contributed by atoms with E-state index in [1.165, 1.54) is 17.8 Å². The molecule has 0 unspecified atom stereocenters. The number of nitrogens with one attached hydrogen (secondary N) is 1. The van der Waals surface area contributed by atoms with Crippen molar-refractivity contribution in [3.63, 3.8) is 0 Å². The van der Waals surface area contributed by atoms with Gasteiger partial charge in [0.1, 0.15) is 5.69 Å². The molecule has 1 amide bonds. The second kappa shape index (κ2) is 5.97. The molecule has 0 radical (unpaired) electrons. The van der Waals surface area contributed by atoms with Crippen molar-refractivity contribution < 1.29 is 14.7 Å². The smallest absolute Gasteiger partial charge is 0.354 e. The monoisotopic (exact) mass is 307 g/mol. The van der Waals surface area contributed by atoms with Crippen LogP contribution in [0.4, 0.5) is 0 Å². The predicted octanol–water partition coefficient (Wildman–Crippen LogP) is 2.20. The van der Waals surface area contributed by atoms with Crippen molar-refractivity contribution in [3.05, 3.63) is 52.3 Å². The quantitative estimate of drug-likeness (QED) is 0.907. The van der Waals surface area contributed by atoms with Gasteiger partial charge in [0.05, 0.1) is 6.04 Å². The highest BCUT2D eigenvalue weighted by Gasteiger charge is 2.23. The van der Waals surface area contributed by atoms with E-state index in [1.54, 1.807) is 31.2 Å². The molecule has 2 aromatic rings. The summed E-state index contributed by atoms with van der Waals surface area (Å²) in [5.74, 6) is -1.60. The van der Waals surface area contributed by atoms with E-state index < -0.39 is 17.9 Å². The van der Waals surface area contributed by atoms with Crippen molar-refractivity contribution in [2.24, 2.45) is 0 Å². The number of benzene rings is 1. The third kappa shape index (κ3) is 2.90. The zero-order chi connectivity index (χ0) is 15.6. The molecule has 0 bridgehead atoms. The molecule has 110 valence electrons. The summed E-state index contributed by atoms with van der Waals surface area (Å²) in [4.78, 5) is 23.0. The van der Waals surface area contributed by atoms with Gasteiger partial charge in [-0.3, -0.25) is 9.48 Å². The maximum atomic E-state index is 11.6. The third-order valence-electron chi connectivity index (χ3n) is 3.14. The van der Waals surface area contributed by atoms with E-state index in [1.807, 2.05) is 0 Å². The van der Waals surface area contributed by atoms with Crippen LogP contribution in [0.15, 0.2) is 30.3 Å². The lowest BCUT2D eigenvalue weighted by Gasteiger charge is -2.15. The standard InChI is InChI=1S/C14H14ClN3O3/c1-8(9-5-3-4-6-10(9)15)18-12(14(20)21)7-11(17-18)13(19)16-2/h3-8H,1-2H3,(H,16,19)(H,20,21)/t8-/m0/s1. The van der Waals surface area contributed by atoms with Gasteiger partial charge < -0.3 is 10.4 Å². The summed E-state index contributed by atoms with van der Waals surface area (Å²) in [5.41, 5.74) is 0.711. The van der Waals surface area contributed by atoms with Crippen LogP contribution in [0.25, 0.3) is 0 Å². The largest absolute Gasteiger partial charge is 0.477 e. The Hall–Kier alpha value is -2.34. The minimum absolute atomic E-state index is 0.0498. The van der Waals surface area contributed by atoms with E-state index >= 15 is 0 Å². The molecule has 1 aromatic carbocycles. The van der Waals surface area contributed by atoms with Crippen molar-refractivity contribution in [2.45, 2.75) is 13.0 Å². The maximum Gasteiger partial charge on any atom is 0.354 e. The summed E-state index contributed by atoms with van der Waals surface area (Å²) < 4.78 is 1.29. The van der Waals surface area contributed by atoms with E-state index in [4.69, 9.17) is 11.6 Å². The number of nitrogens with zero attached hydrogens (tertiary/aromatic N) is 2. The first kappa shape index (κ1) is 15.1. The molecule has 0 aliphatic heterocycles. The first-order valence-electron chi connectivity index (χ1n) is 6.25. The maximum absolute atomic E-state index is 11.6. The summed E-state index contributed by atoms with van der Waals surface area (Å²) in [6, 6.07) is 7.94. The molecule has 0 aliphatic rings. The van der Waals surface area contributed by atoms with E-state index in [2.05, 4.69) is 10.4 Å². The number of aromatic carboxylic acids is 1. The van der Waals surface area contributed by atoms with Crippen LogP contribution in [-0.4, -0.2) is 33.8 Å². The molecular formula is C14H14ClN3O3. The number of amides is 1. The van der Waals surface area contributed by atoms with Crippen LogP contribution >= 0.6 is 11.6 Å². The molecule has 0 spiro atoms. The number of aromatic nitrogens is 2. The van der Waals surface area contributed by atoms with Gasteiger partial charge in [0.2, 0.25) is 0 Å². The lowest BCUT2D eigenvalue weighted by atomic mass is 10.1. The molecule has 0 fully saturated rings. The van der Waals surface area contributed by atoms with Crippen molar-refractivity contribution in [1.29, 1.82) is 0 Å². The van der Waals surface area contributed by atoms with Gasteiger partial charge in [-0.25, -0.2) is 4.79 Å². The van der Waals surface area contributed by atoms with Gasteiger partial charge in [-0.15, -0.1) is 0 Å². The molecule has 21 heavy (non-hydrogen) atoms. The Bertz CT molecular complexity index is 697. The Balaban J connectivity index is 2.52. The Morgan fingerprint density at radius 2 is 2.05 bits per heavy atom. The summed E-state index contributed by atoms with van der Waals surface area (Å²) in [7, 11) is 1.46. The molecule has 6 nitrogen and oxygen atoms in total. The lowest BCUT2D eigenvalue weighted by Crippen LogP contribution is -2.19. The molecule has 7 heteroatoms. The summed E-state index contributed by atoms with van der Waals surface area (Å²) in [6.07, 6.45) is 0. The predicted molar refractivity (Wildman–Crippen MR) is 77.8 cm³/mol. The molecule has 0 saturated heterocycles. The number of halogens is 1. The van der Waals surface area contributed by atoms with E-state index in [9.17, 15) is 14.7 Å². The van der Waals surface area contributed by atoms with Crippen LogP contribution in [0.3, 0.4) is 0 Å². The highest BCUT2D eigenvalue weighted by molar-refractivity contribution is 6.31. The van der Waals surface area contributed by atoms with Crippen LogP contribution in [0.2, 0.25) is 5.02 Å². The van der Waals surface area contributed by atoms with Crippen LogP contribution < -0.4 is 5.32 Å². The Labute approximate surface area is 126 Å². The van der Waals surface area contributed by atoms with Gasteiger partial charge in [-0.2, -0.15) is 5.10 Å². The van der Waals surface area contributed by atoms with E-state index in [0.29, 0.717) is 5.02 Å². The number of rotatable bonds is 4. The van der Waals surface area contributed by atoms with Gasteiger partial charge in [-0.05, 0) is 18.6 Å². The SMILES string of the molecule is CNC(=O)c1cc(C(=O)O)n([C@@H](C)c2ccccc2Cl)n1. The van der Waals surface area contributed by atoms with Crippen molar-refractivity contribution >= 4 is 23.5 Å². The number of hydrogen-bond acceptors (Lipinski definition) is 3. The summed E-state index contributed by atoms with van der Waals surface area (Å²) in [6.45, 7) is 1.77. The highest BCUT2D eigenvalue weighted by Crippen LogP contribution is 2.26. The van der Waals surface area contributed by atoms with Crippen molar-refractivity contribution in [1.82, 2.24) is 15.1 Å². The Morgan fingerprint density at radius 1 is 1.38 bits per heavy atom. The first-order chi connectivity index (χ1) is 9.95. The fourth-order valence-corrected chi connectivity index (χ4v) is 2.33. The molecule has 1 atom stereocenters. The lowest BCUT2D eigenvalue weighted by molar-refractivity contribution is 0.0681. The molecule has 0 aliphatic carbocycles. The van der Waals surface area contributed by atoms with Crippen molar-refractivity contribution in [3.8, 4) is 0 Å². The topological polar surface area (TPSA) is 84.2 Å². The molecule has 0 saturated carbocycles. The van der Waals surface area contributed by atoms with Gasteiger partial charge in [-0.1, -0.05) is 29.8 Å². The van der Waals surface area contributed by atoms with Gasteiger partial charge >= 0.3 is 5.97 Å². The van der Waals surface area contributed by atoms with Crippen LogP contribution in [0.5, 0.6) is 0 Å². The number of carbonyl (C=O) groups excluding carboxylic acids is 1. The normalized spacial score (nSPS) is 12.0. The number of hydrogen-bond donors (Lipinski definition) is 2. The van der Waals surface area contributed by atoms with E-state index in [-0.39, 0.29) is 11.4 Å². The molecule has 2 N–H and O–H groups in total. The molecular weight excluding hydrogens is 294 g/mol. The van der Waals surface area contributed by atoms with Crippen LogP contribution in [-0.2, 0) is 0 Å². The Morgan fingerprint density at radius 3 is 2.62 bits per heavy atom. The average Bonchev–Trinajstić information content (AvgIpc) is 2.91. The second-order valence-electron chi connectivity index (χ2n) is 4.44. The zero-order valence-electron chi connectivity index (χ0n) is 11.5.